The first-order chi connectivity index (χ1) is 5.69. The summed E-state index contributed by atoms with van der Waals surface area (Å²) >= 11 is 6.09. The predicted octanol–water partition coefficient (Wildman–Crippen LogP) is 2.63. The van der Waals surface area contributed by atoms with Crippen molar-refractivity contribution in [3.63, 3.8) is 0 Å². The Morgan fingerprint density at radius 1 is 1.25 bits per heavy atom. The van der Waals surface area contributed by atoms with Crippen LogP contribution in [0.2, 0.25) is 0 Å². The van der Waals surface area contributed by atoms with Crippen molar-refractivity contribution in [2.75, 3.05) is 5.88 Å². The van der Waals surface area contributed by atoms with Gasteiger partial charge in [-0.1, -0.05) is 0 Å². The molecule has 2 saturated heterocycles. The molecular weight excluding hydrogens is 170 g/mol. The molecule has 2 unspecified atom stereocenters. The fourth-order valence-electron chi connectivity index (χ4n) is 3.19. The monoisotopic (exact) mass is 187 g/mol. The van der Waals surface area contributed by atoms with Gasteiger partial charge in [0.2, 0.25) is 0 Å². The van der Waals surface area contributed by atoms with Crippen LogP contribution in [0.3, 0.4) is 0 Å². The number of hydrogen-bond acceptors (Lipinski definition) is 1. The number of fused-ring (bicyclic) bond motifs is 1. The van der Waals surface area contributed by atoms with Gasteiger partial charge in [0.05, 0.1) is 0 Å². The van der Waals surface area contributed by atoms with Crippen LogP contribution in [0.15, 0.2) is 0 Å². The molecule has 2 rings (SSSR count). The third kappa shape index (κ3) is 1.03. The summed E-state index contributed by atoms with van der Waals surface area (Å²) in [7, 11) is 0. The van der Waals surface area contributed by atoms with Gasteiger partial charge in [0.25, 0.3) is 0 Å². The minimum absolute atomic E-state index is 0.389. The molecule has 0 spiro atoms. The maximum Gasteiger partial charge on any atom is 0.0408 e. The highest BCUT2D eigenvalue weighted by atomic mass is 35.5. The van der Waals surface area contributed by atoms with Crippen molar-refractivity contribution in [2.24, 2.45) is 0 Å². The van der Waals surface area contributed by atoms with Crippen LogP contribution in [0, 0.1) is 0 Å². The molecule has 0 aromatic rings. The van der Waals surface area contributed by atoms with Crippen molar-refractivity contribution < 1.29 is 0 Å². The highest BCUT2D eigenvalue weighted by Gasteiger charge is 2.49. The number of halogens is 1. The van der Waals surface area contributed by atoms with E-state index in [4.69, 9.17) is 11.6 Å². The summed E-state index contributed by atoms with van der Waals surface area (Å²) in [6, 6.07) is 1.53. The molecule has 0 aromatic carbocycles. The normalized spacial score (nSPS) is 48.2. The maximum atomic E-state index is 6.09. The molecule has 0 radical (unpaired) electrons. The first kappa shape index (κ1) is 8.83. The number of hydrogen-bond donors (Lipinski definition) is 0. The molecule has 0 saturated carbocycles. The lowest BCUT2D eigenvalue weighted by atomic mass is 9.96. The Hall–Kier alpha value is 0.250. The Morgan fingerprint density at radius 2 is 1.75 bits per heavy atom. The van der Waals surface area contributed by atoms with Crippen LogP contribution >= 0.6 is 11.6 Å². The van der Waals surface area contributed by atoms with E-state index in [1.54, 1.807) is 0 Å². The summed E-state index contributed by atoms with van der Waals surface area (Å²) in [6.07, 6.45) is 5.33. The average Bonchev–Trinajstić information content (AvgIpc) is 2.55. The van der Waals surface area contributed by atoms with Crippen molar-refractivity contribution in [1.82, 2.24) is 4.90 Å². The number of alkyl halides is 1. The molecule has 0 bridgehead atoms. The van der Waals surface area contributed by atoms with E-state index < -0.39 is 0 Å². The van der Waals surface area contributed by atoms with Gasteiger partial charge < -0.3 is 0 Å². The zero-order valence-electron chi connectivity index (χ0n) is 8.02. The Balaban J connectivity index is 2.23. The van der Waals surface area contributed by atoms with Crippen LogP contribution in [0.4, 0.5) is 0 Å². The fourth-order valence-corrected chi connectivity index (χ4v) is 3.59. The van der Waals surface area contributed by atoms with E-state index in [2.05, 4.69) is 18.7 Å². The molecule has 2 heteroatoms. The first-order valence-electron chi connectivity index (χ1n) is 5.04. The molecule has 2 aliphatic rings. The van der Waals surface area contributed by atoms with Crippen molar-refractivity contribution >= 4 is 11.6 Å². The quantitative estimate of drug-likeness (QED) is 0.571. The van der Waals surface area contributed by atoms with E-state index in [0.717, 1.165) is 18.0 Å². The topological polar surface area (TPSA) is 3.24 Å². The van der Waals surface area contributed by atoms with E-state index in [1.165, 1.54) is 25.7 Å². The third-order valence-electron chi connectivity index (χ3n) is 3.80. The van der Waals surface area contributed by atoms with Gasteiger partial charge in [-0.25, -0.2) is 0 Å². The highest BCUT2D eigenvalue weighted by Crippen LogP contribution is 2.45. The molecule has 0 N–H and O–H groups in total. The van der Waals surface area contributed by atoms with Gasteiger partial charge >= 0.3 is 0 Å². The lowest BCUT2D eigenvalue weighted by molar-refractivity contribution is 0.138. The molecule has 0 amide bonds. The fraction of sp³-hybridized carbons (Fsp3) is 1.00. The lowest BCUT2D eigenvalue weighted by Gasteiger charge is -2.35. The van der Waals surface area contributed by atoms with Crippen LogP contribution < -0.4 is 0 Å². The predicted molar refractivity (Wildman–Crippen MR) is 52.7 cm³/mol. The third-order valence-corrected chi connectivity index (χ3v) is 4.30. The molecule has 0 aliphatic carbocycles. The lowest BCUT2D eigenvalue weighted by Crippen LogP contribution is -2.45. The summed E-state index contributed by atoms with van der Waals surface area (Å²) < 4.78 is 0. The SMILES string of the molecule is CC1CCC2(CCl)CCC(C)N12. The van der Waals surface area contributed by atoms with Crippen molar-refractivity contribution in [1.29, 1.82) is 0 Å². The van der Waals surface area contributed by atoms with Crippen LogP contribution in [0.25, 0.3) is 0 Å². The van der Waals surface area contributed by atoms with Gasteiger partial charge in [0.1, 0.15) is 0 Å². The van der Waals surface area contributed by atoms with Gasteiger partial charge in [-0.15, -0.1) is 11.6 Å². The Labute approximate surface area is 80.1 Å². The molecular formula is C10H18ClN. The van der Waals surface area contributed by atoms with Gasteiger partial charge in [-0.3, -0.25) is 4.90 Å². The maximum absolute atomic E-state index is 6.09. The highest BCUT2D eigenvalue weighted by molar-refractivity contribution is 6.18. The van der Waals surface area contributed by atoms with E-state index in [9.17, 15) is 0 Å². The zero-order valence-corrected chi connectivity index (χ0v) is 8.77. The zero-order chi connectivity index (χ0) is 8.77. The first-order valence-corrected chi connectivity index (χ1v) is 5.57. The molecule has 2 atom stereocenters. The molecule has 2 aliphatic heterocycles. The largest absolute Gasteiger partial charge is 0.291 e. The van der Waals surface area contributed by atoms with Gasteiger partial charge in [-0.05, 0) is 39.5 Å². The smallest absolute Gasteiger partial charge is 0.0408 e. The van der Waals surface area contributed by atoms with Gasteiger partial charge in [0, 0.05) is 23.5 Å². The standard InChI is InChI=1S/C10H18ClN/c1-8-3-5-10(7-11)6-4-9(2)12(8)10/h8-9H,3-7H2,1-2H3. The molecule has 2 heterocycles. The Bertz CT molecular complexity index is 167. The number of nitrogens with zero attached hydrogens (tertiary/aromatic N) is 1. The van der Waals surface area contributed by atoms with E-state index in [0.29, 0.717) is 5.54 Å². The van der Waals surface area contributed by atoms with Crippen molar-refractivity contribution in [2.45, 2.75) is 57.2 Å². The minimum atomic E-state index is 0.389. The number of rotatable bonds is 1. The summed E-state index contributed by atoms with van der Waals surface area (Å²) in [5.74, 6) is 0.835. The van der Waals surface area contributed by atoms with Crippen molar-refractivity contribution in [3.05, 3.63) is 0 Å². The Morgan fingerprint density at radius 3 is 2.08 bits per heavy atom. The summed E-state index contributed by atoms with van der Waals surface area (Å²) in [4.78, 5) is 2.67. The molecule has 0 aromatic heterocycles. The molecule has 1 nitrogen and oxygen atoms in total. The van der Waals surface area contributed by atoms with Gasteiger partial charge in [0.15, 0.2) is 0 Å². The van der Waals surface area contributed by atoms with E-state index >= 15 is 0 Å². The molecule has 70 valence electrons. The second-order valence-corrected chi connectivity index (χ2v) is 4.81. The minimum Gasteiger partial charge on any atom is -0.291 e. The second kappa shape index (κ2) is 2.88. The van der Waals surface area contributed by atoms with Gasteiger partial charge in [-0.2, -0.15) is 0 Å². The summed E-state index contributed by atoms with van der Waals surface area (Å²) in [5, 5.41) is 0. The molecule has 2 fully saturated rings. The average molecular weight is 188 g/mol. The van der Waals surface area contributed by atoms with E-state index in [-0.39, 0.29) is 0 Å². The van der Waals surface area contributed by atoms with Crippen molar-refractivity contribution in [3.8, 4) is 0 Å². The Kier molecular flexibility index (Phi) is 2.12. The second-order valence-electron chi connectivity index (χ2n) is 4.54. The van der Waals surface area contributed by atoms with Crippen LogP contribution in [0.1, 0.15) is 39.5 Å². The van der Waals surface area contributed by atoms with Crippen LogP contribution in [-0.2, 0) is 0 Å². The summed E-state index contributed by atoms with van der Waals surface area (Å²) in [5.41, 5.74) is 0.389. The summed E-state index contributed by atoms with van der Waals surface area (Å²) in [6.45, 7) is 4.69. The van der Waals surface area contributed by atoms with Crippen LogP contribution in [0.5, 0.6) is 0 Å². The molecule has 12 heavy (non-hydrogen) atoms. The van der Waals surface area contributed by atoms with E-state index in [1.807, 2.05) is 0 Å². The van der Waals surface area contributed by atoms with Crippen LogP contribution in [-0.4, -0.2) is 28.4 Å².